The van der Waals surface area contributed by atoms with Gasteiger partial charge in [0.2, 0.25) is 0 Å². The highest BCUT2D eigenvalue weighted by atomic mass is 79.9. The zero-order valence-electron chi connectivity index (χ0n) is 11.8. The molecular weight excluding hydrogens is 304 g/mol. The molecule has 0 amide bonds. The molecule has 1 saturated heterocycles. The third-order valence-electron chi connectivity index (χ3n) is 3.62. The van der Waals surface area contributed by atoms with Crippen LogP contribution >= 0.6 is 15.9 Å². The lowest BCUT2D eigenvalue weighted by atomic mass is 10.1. The monoisotopic (exact) mass is 326 g/mol. The van der Waals surface area contributed by atoms with Crippen molar-refractivity contribution in [1.82, 2.24) is 5.32 Å². The molecule has 0 radical (unpaired) electrons. The molecule has 2 rings (SSSR count). The number of ether oxygens (including phenoxy) is 1. The summed E-state index contributed by atoms with van der Waals surface area (Å²) in [5, 5.41) is 3.49. The molecule has 3 nitrogen and oxygen atoms in total. The summed E-state index contributed by atoms with van der Waals surface area (Å²) >= 11 is 3.57. The van der Waals surface area contributed by atoms with E-state index in [2.05, 4.69) is 58.3 Å². The highest BCUT2D eigenvalue weighted by Gasteiger charge is 2.22. The Kier molecular flexibility index (Phi) is 5.67. The van der Waals surface area contributed by atoms with Crippen LogP contribution in [-0.2, 0) is 11.3 Å². The zero-order valence-corrected chi connectivity index (χ0v) is 13.4. The Balaban J connectivity index is 2.12. The molecule has 1 atom stereocenters. The van der Waals surface area contributed by atoms with Gasteiger partial charge in [0.25, 0.3) is 0 Å². The van der Waals surface area contributed by atoms with Gasteiger partial charge in [-0.15, -0.1) is 0 Å². The first-order valence-electron chi connectivity index (χ1n) is 7.02. The lowest BCUT2D eigenvalue weighted by Gasteiger charge is -2.28. The molecule has 1 aliphatic rings. The lowest BCUT2D eigenvalue weighted by Crippen LogP contribution is -2.33. The van der Waals surface area contributed by atoms with E-state index in [0.29, 0.717) is 6.04 Å². The van der Waals surface area contributed by atoms with Crippen molar-refractivity contribution in [3.8, 4) is 0 Å². The van der Waals surface area contributed by atoms with Crippen molar-refractivity contribution in [1.29, 1.82) is 0 Å². The van der Waals surface area contributed by atoms with Gasteiger partial charge in [0.1, 0.15) is 0 Å². The number of halogens is 1. The second-order valence-corrected chi connectivity index (χ2v) is 5.99. The smallest absolute Gasteiger partial charge is 0.0670 e. The van der Waals surface area contributed by atoms with Gasteiger partial charge in [-0.3, -0.25) is 0 Å². The van der Waals surface area contributed by atoms with Crippen LogP contribution in [0.2, 0.25) is 0 Å². The number of likely N-dealkylation sites (N-methyl/N-ethyl adjacent to an activating group) is 1. The number of nitrogens with zero attached hydrogens (tertiary/aromatic N) is 1. The van der Waals surface area contributed by atoms with Crippen LogP contribution in [0.1, 0.15) is 25.3 Å². The first kappa shape index (κ1) is 14.8. The van der Waals surface area contributed by atoms with Gasteiger partial charge < -0.3 is 15.0 Å². The molecule has 0 saturated carbocycles. The van der Waals surface area contributed by atoms with Crippen molar-refractivity contribution < 1.29 is 4.74 Å². The van der Waals surface area contributed by atoms with Crippen molar-refractivity contribution in [2.75, 3.05) is 31.7 Å². The fraction of sp³-hybridized carbons (Fsp3) is 0.600. The quantitative estimate of drug-likeness (QED) is 0.812. The van der Waals surface area contributed by atoms with Gasteiger partial charge >= 0.3 is 0 Å². The van der Waals surface area contributed by atoms with E-state index in [1.807, 2.05) is 0 Å². The fourth-order valence-corrected chi connectivity index (χ4v) is 2.87. The number of hydrogen-bond donors (Lipinski definition) is 1. The zero-order chi connectivity index (χ0) is 13.7. The number of hydrogen-bond acceptors (Lipinski definition) is 3. The van der Waals surface area contributed by atoms with E-state index in [9.17, 15) is 0 Å². The number of anilines is 1. The van der Waals surface area contributed by atoms with Crippen molar-refractivity contribution in [3.05, 3.63) is 28.2 Å². The van der Waals surface area contributed by atoms with Crippen LogP contribution in [0.25, 0.3) is 0 Å². The highest BCUT2D eigenvalue weighted by molar-refractivity contribution is 9.10. The minimum Gasteiger partial charge on any atom is -0.379 e. The van der Waals surface area contributed by atoms with Crippen molar-refractivity contribution >= 4 is 21.6 Å². The summed E-state index contributed by atoms with van der Waals surface area (Å²) in [6, 6.07) is 7.03. The molecule has 1 aromatic rings. The SMILES string of the molecule is CCCNCc1cc(Br)ccc1N(C)C1CCOC1. The maximum absolute atomic E-state index is 5.50. The van der Waals surface area contributed by atoms with E-state index in [-0.39, 0.29) is 0 Å². The minimum atomic E-state index is 0.506. The maximum Gasteiger partial charge on any atom is 0.0670 e. The van der Waals surface area contributed by atoms with Crippen LogP contribution in [-0.4, -0.2) is 32.8 Å². The third kappa shape index (κ3) is 3.94. The average molecular weight is 327 g/mol. The number of benzene rings is 1. The summed E-state index contributed by atoms with van der Waals surface area (Å²) in [6.45, 7) is 5.89. The van der Waals surface area contributed by atoms with Gasteiger partial charge in [0.15, 0.2) is 0 Å². The van der Waals surface area contributed by atoms with Gasteiger partial charge in [-0.25, -0.2) is 0 Å². The van der Waals surface area contributed by atoms with Crippen LogP contribution < -0.4 is 10.2 Å². The molecular formula is C15H23BrN2O. The van der Waals surface area contributed by atoms with E-state index in [0.717, 1.165) is 43.6 Å². The largest absolute Gasteiger partial charge is 0.379 e. The molecule has 1 aromatic carbocycles. The summed E-state index contributed by atoms with van der Waals surface area (Å²) in [4.78, 5) is 2.36. The maximum atomic E-state index is 5.50. The first-order chi connectivity index (χ1) is 9.22. The molecule has 1 N–H and O–H groups in total. The molecule has 0 aliphatic carbocycles. The van der Waals surface area contributed by atoms with Crippen molar-refractivity contribution in [2.24, 2.45) is 0 Å². The topological polar surface area (TPSA) is 24.5 Å². The van der Waals surface area contributed by atoms with E-state index >= 15 is 0 Å². The molecule has 1 aliphatic heterocycles. The van der Waals surface area contributed by atoms with Crippen LogP contribution in [0.3, 0.4) is 0 Å². The van der Waals surface area contributed by atoms with Gasteiger partial charge in [-0.05, 0) is 43.1 Å². The Morgan fingerprint density at radius 3 is 3.00 bits per heavy atom. The molecule has 1 heterocycles. The number of rotatable bonds is 6. The van der Waals surface area contributed by atoms with Crippen molar-refractivity contribution in [3.63, 3.8) is 0 Å². The predicted octanol–water partition coefficient (Wildman–Crippen LogP) is 3.17. The fourth-order valence-electron chi connectivity index (χ4n) is 2.46. The molecule has 106 valence electrons. The number of nitrogens with one attached hydrogen (secondary N) is 1. The van der Waals surface area contributed by atoms with Gasteiger partial charge in [0.05, 0.1) is 12.6 Å². The van der Waals surface area contributed by atoms with Gasteiger partial charge in [0, 0.05) is 30.4 Å². The van der Waals surface area contributed by atoms with Crippen LogP contribution in [0.4, 0.5) is 5.69 Å². The standard InChI is InChI=1S/C15H23BrN2O/c1-3-7-17-10-12-9-13(16)4-5-15(12)18(2)14-6-8-19-11-14/h4-5,9,14,17H,3,6-8,10-11H2,1-2H3. The molecule has 0 bridgehead atoms. The highest BCUT2D eigenvalue weighted by Crippen LogP contribution is 2.27. The summed E-state index contributed by atoms with van der Waals surface area (Å²) in [5.41, 5.74) is 2.65. The molecule has 1 fully saturated rings. The Bertz CT molecular complexity index is 405. The van der Waals surface area contributed by atoms with E-state index in [4.69, 9.17) is 4.74 Å². The predicted molar refractivity (Wildman–Crippen MR) is 83.8 cm³/mol. The van der Waals surface area contributed by atoms with Gasteiger partial charge in [-0.1, -0.05) is 22.9 Å². The van der Waals surface area contributed by atoms with Crippen molar-refractivity contribution in [2.45, 2.75) is 32.4 Å². The average Bonchev–Trinajstić information content (AvgIpc) is 2.92. The third-order valence-corrected chi connectivity index (χ3v) is 4.11. The van der Waals surface area contributed by atoms with Gasteiger partial charge in [-0.2, -0.15) is 0 Å². The Morgan fingerprint density at radius 2 is 2.32 bits per heavy atom. The summed E-state index contributed by atoms with van der Waals surface area (Å²) in [7, 11) is 2.17. The molecule has 19 heavy (non-hydrogen) atoms. The Labute approximate surface area is 124 Å². The van der Waals surface area contributed by atoms with Crippen LogP contribution in [0.5, 0.6) is 0 Å². The molecule has 0 spiro atoms. The normalized spacial score (nSPS) is 18.8. The summed E-state index contributed by atoms with van der Waals surface area (Å²) < 4.78 is 6.63. The first-order valence-corrected chi connectivity index (χ1v) is 7.81. The van der Waals surface area contributed by atoms with E-state index < -0.39 is 0 Å². The Hall–Kier alpha value is -0.580. The second kappa shape index (κ2) is 7.27. The second-order valence-electron chi connectivity index (χ2n) is 5.08. The van der Waals surface area contributed by atoms with E-state index in [1.165, 1.54) is 11.3 Å². The molecule has 0 aromatic heterocycles. The molecule has 4 heteroatoms. The van der Waals surface area contributed by atoms with Crippen LogP contribution in [0, 0.1) is 0 Å². The minimum absolute atomic E-state index is 0.506. The lowest BCUT2D eigenvalue weighted by molar-refractivity contribution is 0.193. The van der Waals surface area contributed by atoms with E-state index in [1.54, 1.807) is 0 Å². The summed E-state index contributed by atoms with van der Waals surface area (Å²) in [6.07, 6.45) is 2.28. The summed E-state index contributed by atoms with van der Waals surface area (Å²) in [5.74, 6) is 0. The van der Waals surface area contributed by atoms with Crippen LogP contribution in [0.15, 0.2) is 22.7 Å². The Morgan fingerprint density at radius 1 is 1.47 bits per heavy atom. The molecule has 1 unspecified atom stereocenters.